The summed E-state index contributed by atoms with van der Waals surface area (Å²) in [4.78, 5) is 26.2. The van der Waals surface area contributed by atoms with E-state index in [0.29, 0.717) is 30.3 Å². The predicted octanol–water partition coefficient (Wildman–Crippen LogP) is 2.47. The summed E-state index contributed by atoms with van der Waals surface area (Å²) in [5, 5.41) is 3.59. The molecule has 25 heavy (non-hydrogen) atoms. The van der Waals surface area contributed by atoms with Crippen LogP contribution in [0.15, 0.2) is 46.5 Å². The maximum absolute atomic E-state index is 12.8. The van der Waals surface area contributed by atoms with Crippen LogP contribution in [0.2, 0.25) is 0 Å². The van der Waals surface area contributed by atoms with Crippen molar-refractivity contribution in [3.63, 3.8) is 0 Å². The molecule has 124 valence electrons. The number of ether oxygens (including phenoxy) is 1. The first-order valence-electron chi connectivity index (χ1n) is 7.80. The highest BCUT2D eigenvalue weighted by atomic mass is 16.5. The van der Waals surface area contributed by atoms with Crippen LogP contribution in [0, 0.1) is 0 Å². The Hall–Kier alpha value is -3.38. The van der Waals surface area contributed by atoms with Gasteiger partial charge in [0.1, 0.15) is 5.69 Å². The van der Waals surface area contributed by atoms with Crippen molar-refractivity contribution in [3.05, 3.63) is 63.7 Å². The highest BCUT2D eigenvalue weighted by molar-refractivity contribution is 6.19. The third kappa shape index (κ3) is 2.40. The van der Waals surface area contributed by atoms with Gasteiger partial charge in [-0.2, -0.15) is 0 Å². The van der Waals surface area contributed by atoms with E-state index in [-0.39, 0.29) is 5.91 Å². The number of anilines is 1. The number of aliphatic imine (C=N–C) groups is 1. The van der Waals surface area contributed by atoms with Gasteiger partial charge in [-0.05, 0) is 17.5 Å². The number of nitrogens with zero attached hydrogens (tertiary/aromatic N) is 6. The zero-order valence-corrected chi connectivity index (χ0v) is 13.5. The molecular weight excluding hydrogens is 320 g/mol. The molecule has 2 aliphatic heterocycles. The van der Waals surface area contributed by atoms with Crippen LogP contribution < -0.4 is 9.64 Å². The molecule has 1 amide bonds. The number of hydrogen-bond donors (Lipinski definition) is 0. The summed E-state index contributed by atoms with van der Waals surface area (Å²) >= 11 is 0. The van der Waals surface area contributed by atoms with E-state index in [1.807, 2.05) is 36.4 Å². The molecule has 1 unspecified atom stereocenters. The van der Waals surface area contributed by atoms with Gasteiger partial charge in [0.15, 0.2) is 0 Å². The fraction of sp³-hybridized carbons (Fsp3) is 0.235. The Bertz CT molecular complexity index is 934. The fourth-order valence-electron chi connectivity index (χ4n) is 3.20. The smallest absolute Gasteiger partial charge is 0.257 e. The van der Waals surface area contributed by atoms with E-state index in [9.17, 15) is 4.79 Å². The molecule has 0 saturated carbocycles. The SMILES string of the molecule is COc1cc2c3c(n1)C(c1ccccc1)=NC(N=[N+]=[N-])C(=O)N3CC2. The van der Waals surface area contributed by atoms with E-state index in [4.69, 9.17) is 10.3 Å². The minimum atomic E-state index is -1.15. The van der Waals surface area contributed by atoms with Crippen molar-refractivity contribution in [2.75, 3.05) is 18.6 Å². The molecule has 8 heteroatoms. The zero-order chi connectivity index (χ0) is 17.4. The monoisotopic (exact) mass is 334 g/mol. The van der Waals surface area contributed by atoms with Gasteiger partial charge in [0.25, 0.3) is 5.91 Å². The van der Waals surface area contributed by atoms with Crippen molar-refractivity contribution in [2.45, 2.75) is 12.6 Å². The Morgan fingerprint density at radius 3 is 2.88 bits per heavy atom. The lowest BCUT2D eigenvalue weighted by atomic mass is 10.0. The van der Waals surface area contributed by atoms with Crippen LogP contribution in [0.5, 0.6) is 5.88 Å². The van der Waals surface area contributed by atoms with Crippen LogP contribution in [-0.4, -0.2) is 36.4 Å². The summed E-state index contributed by atoms with van der Waals surface area (Å²) in [5.74, 6) is 0.129. The maximum atomic E-state index is 12.8. The van der Waals surface area contributed by atoms with Crippen molar-refractivity contribution in [1.82, 2.24) is 4.98 Å². The first-order chi connectivity index (χ1) is 12.2. The molecule has 1 aromatic heterocycles. The minimum Gasteiger partial charge on any atom is -0.481 e. The molecule has 2 aliphatic rings. The highest BCUT2D eigenvalue weighted by Crippen LogP contribution is 2.37. The lowest BCUT2D eigenvalue weighted by molar-refractivity contribution is -0.119. The third-order valence-corrected chi connectivity index (χ3v) is 4.30. The van der Waals surface area contributed by atoms with E-state index in [1.165, 1.54) is 0 Å². The Balaban J connectivity index is 2.02. The molecule has 0 radical (unpaired) electrons. The zero-order valence-electron chi connectivity index (χ0n) is 13.5. The molecule has 0 bridgehead atoms. The van der Waals surface area contributed by atoms with Crippen LogP contribution in [0.4, 0.5) is 5.69 Å². The molecule has 0 N–H and O–H groups in total. The fourth-order valence-corrected chi connectivity index (χ4v) is 3.20. The Morgan fingerprint density at radius 1 is 1.36 bits per heavy atom. The van der Waals surface area contributed by atoms with E-state index in [2.05, 4.69) is 20.0 Å². The van der Waals surface area contributed by atoms with Gasteiger partial charge >= 0.3 is 0 Å². The number of hydrogen-bond acceptors (Lipinski definition) is 5. The normalized spacial score (nSPS) is 18.1. The molecule has 2 aromatic rings. The molecule has 0 fully saturated rings. The van der Waals surface area contributed by atoms with Crippen molar-refractivity contribution in [2.24, 2.45) is 10.1 Å². The third-order valence-electron chi connectivity index (χ3n) is 4.30. The number of benzene rings is 1. The summed E-state index contributed by atoms with van der Waals surface area (Å²) in [6, 6.07) is 11.3. The number of amides is 1. The second-order valence-electron chi connectivity index (χ2n) is 5.68. The Morgan fingerprint density at radius 2 is 2.16 bits per heavy atom. The van der Waals surface area contributed by atoms with Crippen molar-refractivity contribution < 1.29 is 9.53 Å². The number of aromatic nitrogens is 1. The van der Waals surface area contributed by atoms with E-state index < -0.39 is 6.17 Å². The summed E-state index contributed by atoms with van der Waals surface area (Å²) < 4.78 is 5.32. The number of carbonyl (C=O) groups excluding carboxylic acids is 1. The molecule has 1 atom stereocenters. The molecule has 0 aliphatic carbocycles. The number of azide groups is 1. The van der Waals surface area contributed by atoms with Crippen molar-refractivity contribution >= 4 is 17.3 Å². The lowest BCUT2D eigenvalue weighted by Gasteiger charge is -2.18. The molecule has 8 nitrogen and oxygen atoms in total. The topological polar surface area (TPSA) is 104 Å². The number of methoxy groups -OCH3 is 1. The van der Waals surface area contributed by atoms with Gasteiger partial charge in [-0.1, -0.05) is 35.4 Å². The number of rotatable bonds is 3. The first kappa shape index (κ1) is 15.2. The van der Waals surface area contributed by atoms with Gasteiger partial charge in [-0.3, -0.25) is 9.79 Å². The van der Waals surface area contributed by atoms with Crippen LogP contribution >= 0.6 is 0 Å². The Labute approximate surface area is 143 Å². The quantitative estimate of drug-likeness (QED) is 0.489. The molecule has 3 heterocycles. The van der Waals surface area contributed by atoms with Crippen LogP contribution in [0.1, 0.15) is 16.8 Å². The van der Waals surface area contributed by atoms with E-state index >= 15 is 0 Å². The molecule has 0 saturated heterocycles. The minimum absolute atomic E-state index is 0.337. The highest BCUT2D eigenvalue weighted by Gasteiger charge is 2.37. The summed E-state index contributed by atoms with van der Waals surface area (Å²) in [6.45, 7) is 0.505. The molecule has 0 spiro atoms. The van der Waals surface area contributed by atoms with Crippen LogP contribution in [0.3, 0.4) is 0 Å². The summed E-state index contributed by atoms with van der Waals surface area (Å²) in [7, 11) is 1.55. The molecule has 4 rings (SSSR count). The number of pyridine rings is 1. The largest absolute Gasteiger partial charge is 0.481 e. The van der Waals surface area contributed by atoms with E-state index in [0.717, 1.165) is 16.8 Å². The molecule has 1 aromatic carbocycles. The summed E-state index contributed by atoms with van der Waals surface area (Å²) in [6.07, 6.45) is -0.454. The van der Waals surface area contributed by atoms with Gasteiger partial charge in [0, 0.05) is 23.1 Å². The molecular formula is C17H14N6O2. The second-order valence-corrected chi connectivity index (χ2v) is 5.68. The second kappa shape index (κ2) is 5.92. The standard InChI is InChI=1S/C17H14N6O2/c1-25-12-9-11-7-8-23-15(11)14(19-12)13(10-5-3-2-4-6-10)20-16(17(23)24)21-22-18/h2-6,9,16H,7-8H2,1H3. The van der Waals surface area contributed by atoms with Gasteiger partial charge in [-0.15, -0.1) is 0 Å². The van der Waals surface area contributed by atoms with Crippen LogP contribution in [0.25, 0.3) is 10.4 Å². The average Bonchev–Trinajstić information content (AvgIpc) is 3.03. The van der Waals surface area contributed by atoms with Crippen LogP contribution in [-0.2, 0) is 11.2 Å². The van der Waals surface area contributed by atoms with Crippen molar-refractivity contribution in [1.29, 1.82) is 0 Å². The van der Waals surface area contributed by atoms with Crippen molar-refractivity contribution in [3.8, 4) is 5.88 Å². The predicted molar refractivity (Wildman–Crippen MR) is 91.9 cm³/mol. The summed E-state index contributed by atoms with van der Waals surface area (Å²) in [5.41, 5.74) is 12.4. The first-order valence-corrected chi connectivity index (χ1v) is 7.80. The maximum Gasteiger partial charge on any atom is 0.257 e. The van der Waals surface area contributed by atoms with E-state index in [1.54, 1.807) is 12.0 Å². The van der Waals surface area contributed by atoms with Gasteiger partial charge in [-0.25, -0.2) is 4.98 Å². The Kier molecular flexibility index (Phi) is 3.59. The van der Waals surface area contributed by atoms with Gasteiger partial charge in [0.2, 0.25) is 12.0 Å². The lowest BCUT2D eigenvalue weighted by Crippen LogP contribution is -2.35. The average molecular weight is 334 g/mol. The van der Waals surface area contributed by atoms with Gasteiger partial charge in [0.05, 0.1) is 18.5 Å². The number of carbonyl (C=O) groups is 1. The van der Waals surface area contributed by atoms with Gasteiger partial charge < -0.3 is 9.64 Å².